The summed E-state index contributed by atoms with van der Waals surface area (Å²) >= 11 is 0. The first-order valence-electron chi connectivity index (χ1n) is 7.41. The fourth-order valence-corrected chi connectivity index (χ4v) is 2.98. The predicted molar refractivity (Wildman–Crippen MR) is 76.2 cm³/mol. The third kappa shape index (κ3) is 3.25. The molecule has 19 heavy (non-hydrogen) atoms. The van der Waals surface area contributed by atoms with Gasteiger partial charge in [-0.05, 0) is 31.4 Å². The van der Waals surface area contributed by atoms with Crippen LogP contribution in [-0.4, -0.2) is 41.7 Å². The van der Waals surface area contributed by atoms with Crippen LogP contribution in [0.15, 0.2) is 18.2 Å². The molecule has 2 fully saturated rings. The molecule has 3 rings (SSSR count). The van der Waals surface area contributed by atoms with E-state index in [1.54, 1.807) is 0 Å². The van der Waals surface area contributed by atoms with Crippen LogP contribution in [0.25, 0.3) is 0 Å². The lowest BCUT2D eigenvalue weighted by Crippen LogP contribution is -2.42. The molecule has 1 aromatic heterocycles. The number of fused-ring (bicyclic) bond motifs is 2. The fourth-order valence-electron chi connectivity index (χ4n) is 2.98. The fraction of sp³-hybridized carbons (Fsp3) is 0.667. The summed E-state index contributed by atoms with van der Waals surface area (Å²) in [5.74, 6) is 0.996. The van der Waals surface area contributed by atoms with Crippen LogP contribution in [0.4, 0.5) is 5.82 Å². The van der Waals surface area contributed by atoms with Crippen molar-refractivity contribution >= 4 is 5.82 Å². The Morgan fingerprint density at radius 3 is 2.84 bits per heavy atom. The summed E-state index contributed by atoms with van der Waals surface area (Å²) in [6, 6.07) is 6.26. The number of nitrogens with zero attached hydrogens (tertiary/aromatic N) is 2. The number of rotatable bonds is 5. The molecule has 0 amide bonds. The van der Waals surface area contributed by atoms with Gasteiger partial charge >= 0.3 is 0 Å². The summed E-state index contributed by atoms with van der Waals surface area (Å²) in [6.45, 7) is 6.21. The zero-order valence-electron chi connectivity index (χ0n) is 11.6. The van der Waals surface area contributed by atoms with Gasteiger partial charge in [0, 0.05) is 26.2 Å². The number of nitrogens with one attached hydrogen (secondary N) is 1. The first-order valence-corrected chi connectivity index (χ1v) is 7.41. The molecule has 0 saturated carbocycles. The van der Waals surface area contributed by atoms with Crippen molar-refractivity contribution in [2.45, 2.75) is 44.9 Å². The highest BCUT2D eigenvalue weighted by atomic mass is 16.5. The van der Waals surface area contributed by atoms with Gasteiger partial charge in [0.2, 0.25) is 0 Å². The highest BCUT2D eigenvalue weighted by molar-refractivity contribution is 5.35. The lowest BCUT2D eigenvalue weighted by molar-refractivity contribution is -0.0413. The predicted octanol–water partition coefficient (Wildman–Crippen LogP) is 2.27. The Hall–Kier alpha value is -1.13. The maximum Gasteiger partial charge on any atom is 0.126 e. The topological polar surface area (TPSA) is 37.4 Å². The van der Waals surface area contributed by atoms with Gasteiger partial charge in [-0.1, -0.05) is 13.0 Å². The zero-order valence-corrected chi connectivity index (χ0v) is 11.6. The SMILES string of the molecule is CCCNc1cccc(CN2CC3CCC(C2)O3)n1. The first-order chi connectivity index (χ1) is 9.33. The molecule has 0 radical (unpaired) electrons. The van der Waals surface area contributed by atoms with Crippen molar-refractivity contribution in [1.82, 2.24) is 9.88 Å². The van der Waals surface area contributed by atoms with Crippen molar-refractivity contribution in [1.29, 1.82) is 0 Å². The molecular weight excluding hydrogens is 238 g/mol. The van der Waals surface area contributed by atoms with E-state index >= 15 is 0 Å². The number of likely N-dealkylation sites (tertiary alicyclic amines) is 1. The average molecular weight is 261 g/mol. The molecule has 0 spiro atoms. The monoisotopic (exact) mass is 261 g/mol. The van der Waals surface area contributed by atoms with Crippen molar-refractivity contribution in [3.63, 3.8) is 0 Å². The molecule has 0 aromatic carbocycles. The van der Waals surface area contributed by atoms with Crippen LogP contribution in [0.2, 0.25) is 0 Å². The second kappa shape index (κ2) is 5.88. The number of pyridine rings is 1. The van der Waals surface area contributed by atoms with Gasteiger partial charge in [0.05, 0.1) is 17.9 Å². The van der Waals surface area contributed by atoms with E-state index in [-0.39, 0.29) is 0 Å². The van der Waals surface area contributed by atoms with Crippen LogP contribution in [0, 0.1) is 0 Å². The van der Waals surface area contributed by atoms with Gasteiger partial charge in [0.15, 0.2) is 0 Å². The highest BCUT2D eigenvalue weighted by Crippen LogP contribution is 2.26. The van der Waals surface area contributed by atoms with E-state index in [1.807, 2.05) is 6.07 Å². The molecule has 0 aliphatic carbocycles. The van der Waals surface area contributed by atoms with E-state index in [4.69, 9.17) is 4.74 Å². The van der Waals surface area contributed by atoms with Crippen molar-refractivity contribution < 1.29 is 4.74 Å². The third-order valence-corrected chi connectivity index (χ3v) is 3.87. The van der Waals surface area contributed by atoms with Gasteiger partial charge in [0.25, 0.3) is 0 Å². The Balaban J connectivity index is 1.60. The number of aromatic nitrogens is 1. The Morgan fingerprint density at radius 2 is 2.11 bits per heavy atom. The van der Waals surface area contributed by atoms with Gasteiger partial charge < -0.3 is 10.1 Å². The van der Waals surface area contributed by atoms with Gasteiger partial charge in [0.1, 0.15) is 5.82 Å². The Morgan fingerprint density at radius 1 is 1.32 bits per heavy atom. The molecule has 104 valence electrons. The maximum absolute atomic E-state index is 5.87. The first kappa shape index (κ1) is 12.9. The second-order valence-electron chi connectivity index (χ2n) is 5.59. The lowest BCUT2D eigenvalue weighted by Gasteiger charge is -2.31. The molecule has 3 heterocycles. The number of hydrogen-bond acceptors (Lipinski definition) is 4. The summed E-state index contributed by atoms with van der Waals surface area (Å²) in [5.41, 5.74) is 1.16. The molecular formula is C15H23N3O. The number of morpholine rings is 1. The van der Waals surface area contributed by atoms with Crippen LogP contribution < -0.4 is 5.32 Å². The summed E-state index contributed by atoms with van der Waals surface area (Å²) in [7, 11) is 0. The zero-order chi connectivity index (χ0) is 13.1. The molecule has 2 saturated heterocycles. The van der Waals surface area contributed by atoms with Gasteiger partial charge in [-0.15, -0.1) is 0 Å². The second-order valence-corrected chi connectivity index (χ2v) is 5.59. The van der Waals surface area contributed by atoms with E-state index < -0.39 is 0 Å². The number of ether oxygens (including phenoxy) is 1. The quantitative estimate of drug-likeness (QED) is 0.882. The smallest absolute Gasteiger partial charge is 0.126 e. The number of hydrogen-bond donors (Lipinski definition) is 1. The van der Waals surface area contributed by atoms with E-state index in [0.717, 1.165) is 44.1 Å². The lowest BCUT2D eigenvalue weighted by atomic mass is 10.2. The van der Waals surface area contributed by atoms with Crippen LogP contribution in [-0.2, 0) is 11.3 Å². The third-order valence-electron chi connectivity index (χ3n) is 3.87. The van der Waals surface area contributed by atoms with Crippen LogP contribution in [0.5, 0.6) is 0 Å². The summed E-state index contributed by atoms with van der Waals surface area (Å²) in [5, 5.41) is 3.35. The molecule has 2 unspecified atom stereocenters. The van der Waals surface area contributed by atoms with E-state index in [0.29, 0.717) is 12.2 Å². The largest absolute Gasteiger partial charge is 0.372 e. The van der Waals surface area contributed by atoms with Gasteiger partial charge in [-0.2, -0.15) is 0 Å². The van der Waals surface area contributed by atoms with Crippen molar-refractivity contribution in [2.75, 3.05) is 25.0 Å². The van der Waals surface area contributed by atoms with Gasteiger partial charge in [-0.25, -0.2) is 4.98 Å². The normalized spacial score (nSPS) is 26.6. The molecule has 1 N–H and O–H groups in total. The van der Waals surface area contributed by atoms with E-state index in [9.17, 15) is 0 Å². The standard InChI is InChI=1S/C15H23N3O/c1-2-8-16-15-5-3-4-12(17-15)9-18-10-13-6-7-14(11-18)19-13/h3-5,13-14H,2,6-11H2,1H3,(H,16,17). The molecule has 2 aliphatic heterocycles. The van der Waals surface area contributed by atoms with Crippen molar-refractivity contribution in [3.05, 3.63) is 23.9 Å². The minimum absolute atomic E-state index is 0.458. The van der Waals surface area contributed by atoms with Gasteiger partial charge in [-0.3, -0.25) is 4.90 Å². The summed E-state index contributed by atoms with van der Waals surface area (Å²) in [6.07, 6.45) is 4.50. The van der Waals surface area contributed by atoms with Crippen LogP contribution in [0.1, 0.15) is 31.9 Å². The minimum Gasteiger partial charge on any atom is -0.372 e. The molecule has 1 aromatic rings. The Bertz CT molecular complexity index is 412. The van der Waals surface area contributed by atoms with Crippen LogP contribution >= 0.6 is 0 Å². The molecule has 4 nitrogen and oxygen atoms in total. The molecule has 2 atom stereocenters. The van der Waals surface area contributed by atoms with E-state index in [1.165, 1.54) is 12.8 Å². The maximum atomic E-state index is 5.87. The van der Waals surface area contributed by atoms with Crippen LogP contribution in [0.3, 0.4) is 0 Å². The Kier molecular flexibility index (Phi) is 3.99. The van der Waals surface area contributed by atoms with Crippen molar-refractivity contribution in [3.8, 4) is 0 Å². The average Bonchev–Trinajstić information content (AvgIpc) is 2.76. The van der Waals surface area contributed by atoms with E-state index in [2.05, 4.69) is 34.3 Å². The Labute approximate surface area is 115 Å². The molecule has 4 heteroatoms. The minimum atomic E-state index is 0.458. The summed E-state index contributed by atoms with van der Waals surface area (Å²) in [4.78, 5) is 7.17. The number of anilines is 1. The highest BCUT2D eigenvalue weighted by Gasteiger charge is 2.33. The molecule has 2 bridgehead atoms. The molecule has 2 aliphatic rings. The summed E-state index contributed by atoms with van der Waals surface area (Å²) < 4.78 is 5.87. The van der Waals surface area contributed by atoms with Crippen molar-refractivity contribution in [2.24, 2.45) is 0 Å².